The molecule has 3 aromatic rings. The molecule has 0 spiro atoms. The first-order valence-corrected chi connectivity index (χ1v) is 9.09. The minimum Gasteiger partial charge on any atom is -0.497 e. The van der Waals surface area contributed by atoms with Crippen molar-refractivity contribution in [3.05, 3.63) is 70.2 Å². The molecule has 138 valence electrons. The molecule has 0 atom stereocenters. The van der Waals surface area contributed by atoms with Crippen LogP contribution in [0.5, 0.6) is 5.75 Å². The van der Waals surface area contributed by atoms with Gasteiger partial charge in [0.05, 0.1) is 12.8 Å². The Morgan fingerprint density at radius 2 is 1.67 bits per heavy atom. The first-order valence-electron chi connectivity index (χ1n) is 8.27. The number of rotatable bonds is 5. The fourth-order valence-corrected chi connectivity index (χ4v) is 3.37. The number of nitrogens with zero attached hydrogens (tertiary/aromatic N) is 1. The summed E-state index contributed by atoms with van der Waals surface area (Å²) in [5.74, 6) is 0.193. The molecule has 2 aromatic carbocycles. The SMILES string of the molecule is COc1ccc(NC(=O)c2sc(NC(=O)c3ccccc3C)nc2C)cc1. The smallest absolute Gasteiger partial charge is 0.267 e. The molecule has 7 heteroatoms. The normalized spacial score (nSPS) is 10.3. The molecular formula is C20H19N3O3S. The predicted octanol–water partition coefficient (Wildman–Crippen LogP) is 4.27. The van der Waals surface area contributed by atoms with Gasteiger partial charge in [-0.3, -0.25) is 14.9 Å². The van der Waals surface area contributed by atoms with Gasteiger partial charge in [-0.1, -0.05) is 29.5 Å². The minimum atomic E-state index is -0.272. The zero-order valence-corrected chi connectivity index (χ0v) is 16.0. The second-order valence-electron chi connectivity index (χ2n) is 5.89. The molecular weight excluding hydrogens is 362 g/mol. The predicted molar refractivity (Wildman–Crippen MR) is 107 cm³/mol. The van der Waals surface area contributed by atoms with Gasteiger partial charge in [-0.2, -0.15) is 0 Å². The topological polar surface area (TPSA) is 80.3 Å². The lowest BCUT2D eigenvalue weighted by Gasteiger charge is -2.05. The minimum absolute atomic E-state index is 0.246. The van der Waals surface area contributed by atoms with E-state index in [1.54, 1.807) is 44.4 Å². The molecule has 0 aliphatic carbocycles. The Labute approximate surface area is 161 Å². The maximum Gasteiger partial charge on any atom is 0.267 e. The molecule has 0 bridgehead atoms. The highest BCUT2D eigenvalue weighted by Gasteiger charge is 2.18. The summed E-state index contributed by atoms with van der Waals surface area (Å²) < 4.78 is 5.10. The summed E-state index contributed by atoms with van der Waals surface area (Å²) in [6.45, 7) is 3.61. The Morgan fingerprint density at radius 1 is 0.963 bits per heavy atom. The fraction of sp³-hybridized carbons (Fsp3) is 0.150. The third-order valence-corrected chi connectivity index (χ3v) is 5.03. The van der Waals surface area contributed by atoms with Crippen LogP contribution < -0.4 is 15.4 Å². The van der Waals surface area contributed by atoms with Crippen LogP contribution in [-0.2, 0) is 0 Å². The van der Waals surface area contributed by atoms with Gasteiger partial charge in [-0.05, 0) is 49.7 Å². The van der Waals surface area contributed by atoms with Crippen molar-refractivity contribution in [1.29, 1.82) is 0 Å². The van der Waals surface area contributed by atoms with Gasteiger partial charge in [0, 0.05) is 11.3 Å². The van der Waals surface area contributed by atoms with Crippen LogP contribution in [0, 0.1) is 13.8 Å². The van der Waals surface area contributed by atoms with E-state index in [0.29, 0.717) is 32.7 Å². The lowest BCUT2D eigenvalue weighted by molar-refractivity contribution is 0.101. The van der Waals surface area contributed by atoms with Crippen LogP contribution in [0.2, 0.25) is 0 Å². The zero-order valence-electron chi connectivity index (χ0n) is 15.2. The van der Waals surface area contributed by atoms with Gasteiger partial charge in [0.25, 0.3) is 11.8 Å². The number of hydrogen-bond acceptors (Lipinski definition) is 5. The van der Waals surface area contributed by atoms with Gasteiger partial charge in [-0.25, -0.2) is 4.98 Å². The van der Waals surface area contributed by atoms with Gasteiger partial charge >= 0.3 is 0 Å². The standard InChI is InChI=1S/C20H19N3O3S/c1-12-6-4-5-7-16(12)18(24)23-20-21-13(2)17(27-20)19(25)22-14-8-10-15(26-3)11-9-14/h4-11H,1-3H3,(H,22,25)(H,21,23,24). The average Bonchev–Trinajstić information content (AvgIpc) is 3.03. The summed E-state index contributed by atoms with van der Waals surface area (Å²) in [4.78, 5) is 29.7. The highest BCUT2D eigenvalue weighted by Crippen LogP contribution is 2.25. The van der Waals surface area contributed by atoms with Crippen molar-refractivity contribution < 1.29 is 14.3 Å². The number of hydrogen-bond donors (Lipinski definition) is 2. The van der Waals surface area contributed by atoms with E-state index in [4.69, 9.17) is 4.74 Å². The van der Waals surface area contributed by atoms with Crippen LogP contribution in [0.1, 0.15) is 31.3 Å². The van der Waals surface area contributed by atoms with E-state index in [9.17, 15) is 9.59 Å². The summed E-state index contributed by atoms with van der Waals surface area (Å²) in [6, 6.07) is 14.4. The molecule has 0 fully saturated rings. The summed E-state index contributed by atoms with van der Waals surface area (Å²) in [7, 11) is 1.58. The zero-order chi connectivity index (χ0) is 19.4. The largest absolute Gasteiger partial charge is 0.497 e. The number of ether oxygens (including phenoxy) is 1. The van der Waals surface area contributed by atoms with E-state index in [0.717, 1.165) is 16.9 Å². The molecule has 0 saturated carbocycles. The molecule has 0 unspecified atom stereocenters. The van der Waals surface area contributed by atoms with Crippen LogP contribution in [0.15, 0.2) is 48.5 Å². The quantitative estimate of drug-likeness (QED) is 0.691. The second-order valence-corrected chi connectivity index (χ2v) is 6.88. The number of methoxy groups -OCH3 is 1. The van der Waals surface area contributed by atoms with Crippen LogP contribution in [0.25, 0.3) is 0 Å². The Bertz CT molecular complexity index is 980. The number of carbonyl (C=O) groups excluding carboxylic acids is 2. The Balaban J connectivity index is 1.72. The second kappa shape index (κ2) is 8.01. The highest BCUT2D eigenvalue weighted by molar-refractivity contribution is 7.17. The van der Waals surface area contributed by atoms with E-state index in [2.05, 4.69) is 15.6 Å². The molecule has 2 N–H and O–H groups in total. The van der Waals surface area contributed by atoms with Crippen LogP contribution in [0.3, 0.4) is 0 Å². The monoisotopic (exact) mass is 381 g/mol. The third-order valence-electron chi connectivity index (χ3n) is 3.96. The number of thiazole rings is 1. The third kappa shape index (κ3) is 4.32. The van der Waals surface area contributed by atoms with Crippen molar-refractivity contribution in [3.8, 4) is 5.75 Å². The van der Waals surface area contributed by atoms with E-state index in [-0.39, 0.29) is 11.8 Å². The maximum absolute atomic E-state index is 12.5. The van der Waals surface area contributed by atoms with E-state index in [1.165, 1.54) is 0 Å². The van der Waals surface area contributed by atoms with Gasteiger partial charge in [0.15, 0.2) is 5.13 Å². The number of benzene rings is 2. The molecule has 3 rings (SSSR count). The van der Waals surface area contributed by atoms with Crippen molar-refractivity contribution in [2.24, 2.45) is 0 Å². The summed E-state index contributed by atoms with van der Waals surface area (Å²) in [5, 5.41) is 5.98. The molecule has 27 heavy (non-hydrogen) atoms. The average molecular weight is 381 g/mol. The fourth-order valence-electron chi connectivity index (χ4n) is 2.51. The molecule has 0 aliphatic heterocycles. The van der Waals surface area contributed by atoms with Crippen molar-refractivity contribution >= 4 is 34.0 Å². The molecule has 0 saturated heterocycles. The molecule has 1 aromatic heterocycles. The lowest BCUT2D eigenvalue weighted by Crippen LogP contribution is -2.13. The number of aryl methyl sites for hydroxylation is 2. The van der Waals surface area contributed by atoms with Crippen LogP contribution in [0.4, 0.5) is 10.8 Å². The summed E-state index contributed by atoms with van der Waals surface area (Å²) >= 11 is 1.14. The summed E-state index contributed by atoms with van der Waals surface area (Å²) in [5.41, 5.74) is 2.67. The number of carbonyl (C=O) groups is 2. The first-order chi connectivity index (χ1) is 13.0. The van der Waals surface area contributed by atoms with Crippen LogP contribution >= 0.6 is 11.3 Å². The van der Waals surface area contributed by atoms with Gasteiger partial charge < -0.3 is 10.1 Å². The van der Waals surface area contributed by atoms with E-state index < -0.39 is 0 Å². The number of aromatic nitrogens is 1. The van der Waals surface area contributed by atoms with Gasteiger partial charge in [-0.15, -0.1) is 0 Å². The number of amides is 2. The Morgan fingerprint density at radius 3 is 2.33 bits per heavy atom. The van der Waals surface area contributed by atoms with Crippen molar-refractivity contribution in [3.63, 3.8) is 0 Å². The van der Waals surface area contributed by atoms with Crippen molar-refractivity contribution in [1.82, 2.24) is 4.98 Å². The first kappa shape index (κ1) is 18.6. The molecule has 0 radical (unpaired) electrons. The molecule has 2 amide bonds. The van der Waals surface area contributed by atoms with E-state index >= 15 is 0 Å². The Hall–Kier alpha value is -3.19. The number of anilines is 2. The maximum atomic E-state index is 12.5. The van der Waals surface area contributed by atoms with Crippen molar-refractivity contribution in [2.75, 3.05) is 17.7 Å². The highest BCUT2D eigenvalue weighted by atomic mass is 32.1. The molecule has 1 heterocycles. The summed E-state index contributed by atoms with van der Waals surface area (Å²) in [6.07, 6.45) is 0. The van der Waals surface area contributed by atoms with Gasteiger partial charge in [0.1, 0.15) is 10.6 Å². The molecule has 0 aliphatic rings. The van der Waals surface area contributed by atoms with E-state index in [1.807, 2.05) is 25.1 Å². The van der Waals surface area contributed by atoms with Gasteiger partial charge in [0.2, 0.25) is 0 Å². The lowest BCUT2D eigenvalue weighted by atomic mass is 10.1. The Kier molecular flexibility index (Phi) is 5.52. The van der Waals surface area contributed by atoms with Crippen molar-refractivity contribution in [2.45, 2.75) is 13.8 Å². The number of nitrogens with one attached hydrogen (secondary N) is 2. The van der Waals surface area contributed by atoms with Crippen LogP contribution in [-0.4, -0.2) is 23.9 Å². The molecule has 6 nitrogen and oxygen atoms in total.